The van der Waals surface area contributed by atoms with Crippen molar-refractivity contribution in [3.05, 3.63) is 206 Å². The van der Waals surface area contributed by atoms with Crippen molar-refractivity contribution in [3.63, 3.8) is 0 Å². The first-order valence-electron chi connectivity index (χ1n) is 19.6. The third-order valence-electron chi connectivity index (χ3n) is 11.9. The predicted molar refractivity (Wildman–Crippen MR) is 242 cm³/mol. The van der Waals surface area contributed by atoms with Crippen molar-refractivity contribution < 1.29 is 0 Å². The van der Waals surface area contributed by atoms with Gasteiger partial charge in [0, 0.05) is 38.2 Å². The van der Waals surface area contributed by atoms with Crippen LogP contribution in [-0.4, -0.2) is 9.55 Å². The van der Waals surface area contributed by atoms with Crippen LogP contribution < -0.4 is 0 Å². The van der Waals surface area contributed by atoms with Crippen LogP contribution in [0.4, 0.5) is 0 Å². The summed E-state index contributed by atoms with van der Waals surface area (Å²) in [5, 5.41) is 13.8. The summed E-state index contributed by atoms with van der Waals surface area (Å²) in [6.07, 6.45) is 0. The van der Waals surface area contributed by atoms with E-state index in [1.165, 1.54) is 81.8 Å². The van der Waals surface area contributed by atoms with Crippen LogP contribution in [0.3, 0.4) is 0 Å². The topological polar surface area (TPSA) is 17.8 Å². The molecule has 2 heteroatoms. The second kappa shape index (κ2) is 12.5. The molecule has 0 fully saturated rings. The van der Waals surface area contributed by atoms with Gasteiger partial charge in [0.25, 0.3) is 0 Å². The Morgan fingerprint density at radius 2 is 0.772 bits per heavy atom. The molecule has 0 aliphatic carbocycles. The van der Waals surface area contributed by atoms with E-state index < -0.39 is 0 Å². The third kappa shape index (κ3) is 4.87. The van der Waals surface area contributed by atoms with Gasteiger partial charge in [-0.1, -0.05) is 164 Å². The summed E-state index contributed by atoms with van der Waals surface area (Å²) < 4.78 is 2.40. The molecule has 0 saturated carbocycles. The van der Waals surface area contributed by atoms with E-state index in [2.05, 4.69) is 211 Å². The Balaban J connectivity index is 1.05. The molecule has 10 aromatic carbocycles. The van der Waals surface area contributed by atoms with E-state index in [0.717, 1.165) is 33.2 Å². The number of hydrogen-bond donors (Lipinski definition) is 0. The van der Waals surface area contributed by atoms with Gasteiger partial charge in [0.2, 0.25) is 0 Å². The minimum atomic E-state index is 0.988. The monoisotopic (exact) mass is 722 g/mol. The standard InChI is InChI=1S/C55H34N2/c1-3-13-37(14-4-1)55-47-30-32-52-54(46-21-11-12-22-51(46)57(52)40-15-5-2-6-16-40)53(47)49-34-39(28-31-50(49)56-55)36-25-23-35(24-26-36)38-27-29-45-43-19-8-7-17-41(43)42-18-9-10-20-44(42)48(45)33-38/h1-34H. The summed E-state index contributed by atoms with van der Waals surface area (Å²) in [6.45, 7) is 0. The second-order valence-corrected chi connectivity index (χ2v) is 15.1. The largest absolute Gasteiger partial charge is 0.309 e. The summed E-state index contributed by atoms with van der Waals surface area (Å²) in [5.41, 5.74) is 11.4. The molecule has 0 N–H and O–H groups in total. The van der Waals surface area contributed by atoms with Crippen LogP contribution in [0.2, 0.25) is 0 Å². The summed E-state index contributed by atoms with van der Waals surface area (Å²) in [6, 6.07) is 75.0. The average Bonchev–Trinajstić information content (AvgIpc) is 3.64. The zero-order valence-electron chi connectivity index (χ0n) is 31.0. The predicted octanol–water partition coefficient (Wildman–Crippen LogP) is 14.9. The first-order chi connectivity index (χ1) is 28.3. The van der Waals surface area contributed by atoms with Crippen LogP contribution in [0.15, 0.2) is 206 Å². The van der Waals surface area contributed by atoms with E-state index in [-0.39, 0.29) is 0 Å². The van der Waals surface area contributed by atoms with E-state index in [9.17, 15) is 0 Å². The number of nitrogens with zero attached hydrogens (tertiary/aromatic N) is 2. The number of rotatable bonds is 4. The van der Waals surface area contributed by atoms with Gasteiger partial charge in [0.15, 0.2) is 0 Å². The fourth-order valence-electron chi connectivity index (χ4n) is 9.35. The molecule has 0 radical (unpaired) electrons. The fourth-order valence-corrected chi connectivity index (χ4v) is 9.35. The molecule has 0 saturated heterocycles. The fraction of sp³-hybridized carbons (Fsp3) is 0. The van der Waals surface area contributed by atoms with Crippen molar-refractivity contribution in [1.82, 2.24) is 9.55 Å². The van der Waals surface area contributed by atoms with E-state index in [1.54, 1.807) is 0 Å². The molecule has 0 aliphatic rings. The molecule has 264 valence electrons. The molecule has 0 aliphatic heterocycles. The number of fused-ring (bicyclic) bond motifs is 13. The van der Waals surface area contributed by atoms with E-state index in [4.69, 9.17) is 4.98 Å². The molecule has 0 bridgehead atoms. The molecule has 2 nitrogen and oxygen atoms in total. The lowest BCUT2D eigenvalue weighted by molar-refractivity contribution is 1.18. The maximum Gasteiger partial charge on any atom is 0.0788 e. The van der Waals surface area contributed by atoms with E-state index in [0.29, 0.717) is 0 Å². The lowest BCUT2D eigenvalue weighted by Gasteiger charge is -2.14. The molecule has 2 heterocycles. The van der Waals surface area contributed by atoms with Gasteiger partial charge in [-0.05, 0) is 97.0 Å². The molecule has 2 aromatic heterocycles. The number of benzene rings is 10. The number of aromatic nitrogens is 2. The van der Waals surface area contributed by atoms with Crippen LogP contribution in [-0.2, 0) is 0 Å². The molecular formula is C55H34N2. The summed E-state index contributed by atoms with van der Waals surface area (Å²) in [4.78, 5) is 5.37. The zero-order valence-corrected chi connectivity index (χ0v) is 31.0. The van der Waals surface area contributed by atoms with Crippen molar-refractivity contribution in [1.29, 1.82) is 0 Å². The van der Waals surface area contributed by atoms with Crippen molar-refractivity contribution in [2.24, 2.45) is 0 Å². The number of hydrogen-bond acceptors (Lipinski definition) is 1. The molecule has 0 atom stereocenters. The van der Waals surface area contributed by atoms with Gasteiger partial charge < -0.3 is 4.57 Å². The Morgan fingerprint density at radius 3 is 1.44 bits per heavy atom. The molecule has 0 amide bonds. The molecule has 0 unspecified atom stereocenters. The SMILES string of the molecule is c1ccc(-c2nc3ccc(-c4ccc(-c5ccc6c7ccccc7c7ccccc7c6c5)cc4)cc3c3c2ccc2c3c3ccccc3n2-c2ccccc2)cc1. The maximum absolute atomic E-state index is 5.37. The van der Waals surface area contributed by atoms with Crippen molar-refractivity contribution in [2.45, 2.75) is 0 Å². The Bertz CT molecular complexity index is 3510. The first kappa shape index (κ1) is 31.8. The van der Waals surface area contributed by atoms with Gasteiger partial charge in [-0.25, -0.2) is 4.98 Å². The smallest absolute Gasteiger partial charge is 0.0788 e. The van der Waals surface area contributed by atoms with Crippen molar-refractivity contribution >= 4 is 75.8 Å². The van der Waals surface area contributed by atoms with Gasteiger partial charge >= 0.3 is 0 Å². The van der Waals surface area contributed by atoms with Gasteiger partial charge in [-0.3, -0.25) is 0 Å². The number of para-hydroxylation sites is 2. The lowest BCUT2D eigenvalue weighted by atomic mass is 9.91. The lowest BCUT2D eigenvalue weighted by Crippen LogP contribution is -1.94. The first-order valence-corrected chi connectivity index (χ1v) is 19.6. The van der Waals surface area contributed by atoms with Crippen LogP contribution in [0.1, 0.15) is 0 Å². The minimum Gasteiger partial charge on any atom is -0.309 e. The molecule has 12 rings (SSSR count). The minimum absolute atomic E-state index is 0.988. The Morgan fingerprint density at radius 1 is 0.281 bits per heavy atom. The van der Waals surface area contributed by atoms with Crippen molar-refractivity contribution in [2.75, 3.05) is 0 Å². The summed E-state index contributed by atoms with van der Waals surface area (Å²) in [7, 11) is 0. The summed E-state index contributed by atoms with van der Waals surface area (Å²) in [5.74, 6) is 0. The number of pyridine rings is 1. The third-order valence-corrected chi connectivity index (χ3v) is 11.9. The van der Waals surface area contributed by atoms with Gasteiger partial charge in [-0.2, -0.15) is 0 Å². The highest BCUT2D eigenvalue weighted by Gasteiger charge is 2.20. The molecule has 0 spiro atoms. The van der Waals surface area contributed by atoms with Crippen LogP contribution in [0.25, 0.3) is 115 Å². The van der Waals surface area contributed by atoms with Crippen LogP contribution in [0, 0.1) is 0 Å². The normalized spacial score (nSPS) is 11.9. The van der Waals surface area contributed by atoms with Gasteiger partial charge in [0.05, 0.1) is 22.2 Å². The Labute approximate surface area is 329 Å². The van der Waals surface area contributed by atoms with Gasteiger partial charge in [0.1, 0.15) is 0 Å². The highest BCUT2D eigenvalue weighted by Crippen LogP contribution is 2.43. The Hall–Kier alpha value is -7.55. The second-order valence-electron chi connectivity index (χ2n) is 15.1. The maximum atomic E-state index is 5.37. The van der Waals surface area contributed by atoms with Gasteiger partial charge in [-0.15, -0.1) is 0 Å². The Kier molecular flexibility index (Phi) is 6.96. The highest BCUT2D eigenvalue weighted by atomic mass is 15.0. The molecule has 12 aromatic rings. The van der Waals surface area contributed by atoms with Crippen LogP contribution in [0.5, 0.6) is 0 Å². The highest BCUT2D eigenvalue weighted by molar-refractivity contribution is 6.30. The van der Waals surface area contributed by atoms with Crippen LogP contribution >= 0.6 is 0 Å². The van der Waals surface area contributed by atoms with E-state index in [1.807, 2.05) is 0 Å². The quantitative estimate of drug-likeness (QED) is 0.165. The van der Waals surface area contributed by atoms with Crippen molar-refractivity contribution in [3.8, 4) is 39.2 Å². The van der Waals surface area contributed by atoms with E-state index >= 15 is 0 Å². The zero-order chi connectivity index (χ0) is 37.5. The average molecular weight is 723 g/mol. The molecule has 57 heavy (non-hydrogen) atoms. The molecular weight excluding hydrogens is 689 g/mol. The summed E-state index contributed by atoms with van der Waals surface area (Å²) >= 11 is 0.